The minimum absolute atomic E-state index is 0.00767. The summed E-state index contributed by atoms with van der Waals surface area (Å²) in [7, 11) is 0. The Bertz CT molecular complexity index is 555. The second-order valence-corrected chi connectivity index (χ2v) is 4.74. The van der Waals surface area contributed by atoms with Crippen molar-refractivity contribution in [2.75, 3.05) is 0 Å². The number of hydrogen-bond acceptors (Lipinski definition) is 2. The summed E-state index contributed by atoms with van der Waals surface area (Å²) in [4.78, 5) is 0. The van der Waals surface area contributed by atoms with Crippen molar-refractivity contribution in [2.24, 2.45) is 5.73 Å². The molecule has 1 unspecified atom stereocenters. The van der Waals surface area contributed by atoms with Gasteiger partial charge in [0.15, 0.2) is 0 Å². The minimum atomic E-state index is -0.435. The van der Waals surface area contributed by atoms with Crippen LogP contribution in [0.3, 0.4) is 0 Å². The number of rotatable bonds is 4. The van der Waals surface area contributed by atoms with Crippen LogP contribution in [0.1, 0.15) is 24.1 Å². The van der Waals surface area contributed by atoms with E-state index in [4.69, 9.17) is 22.1 Å². The van der Waals surface area contributed by atoms with Gasteiger partial charge in [0.25, 0.3) is 0 Å². The van der Waals surface area contributed by atoms with Crippen LogP contribution in [0, 0.1) is 5.82 Å². The zero-order chi connectivity index (χ0) is 13.8. The van der Waals surface area contributed by atoms with Crippen molar-refractivity contribution in [2.45, 2.75) is 19.6 Å². The highest BCUT2D eigenvalue weighted by Crippen LogP contribution is 2.22. The van der Waals surface area contributed by atoms with Gasteiger partial charge in [0, 0.05) is 11.6 Å². The van der Waals surface area contributed by atoms with Crippen molar-refractivity contribution in [1.82, 2.24) is 0 Å². The molecule has 0 spiro atoms. The SMILES string of the molecule is CC(N)c1ccc(OCc2cccc(F)c2Cl)cc1. The Labute approximate surface area is 117 Å². The van der Waals surface area contributed by atoms with E-state index >= 15 is 0 Å². The van der Waals surface area contributed by atoms with Crippen LogP contribution in [0.25, 0.3) is 0 Å². The molecule has 0 saturated carbocycles. The number of nitrogens with two attached hydrogens (primary N) is 1. The van der Waals surface area contributed by atoms with Gasteiger partial charge in [0.2, 0.25) is 0 Å². The van der Waals surface area contributed by atoms with Crippen molar-refractivity contribution < 1.29 is 9.13 Å². The fourth-order valence-corrected chi connectivity index (χ4v) is 1.87. The molecule has 2 nitrogen and oxygen atoms in total. The number of hydrogen-bond donors (Lipinski definition) is 1. The van der Waals surface area contributed by atoms with Gasteiger partial charge in [-0.05, 0) is 30.7 Å². The van der Waals surface area contributed by atoms with Gasteiger partial charge < -0.3 is 10.5 Å². The highest BCUT2D eigenvalue weighted by Gasteiger charge is 2.06. The van der Waals surface area contributed by atoms with Gasteiger partial charge in [-0.1, -0.05) is 35.9 Å². The van der Waals surface area contributed by atoms with Crippen LogP contribution >= 0.6 is 11.6 Å². The molecule has 2 aromatic carbocycles. The van der Waals surface area contributed by atoms with Crippen LogP contribution in [0.15, 0.2) is 42.5 Å². The Morgan fingerprint density at radius 1 is 1.21 bits per heavy atom. The molecule has 1 atom stereocenters. The largest absolute Gasteiger partial charge is 0.489 e. The van der Waals surface area contributed by atoms with Gasteiger partial charge in [0.05, 0.1) is 5.02 Å². The summed E-state index contributed by atoms with van der Waals surface area (Å²) >= 11 is 5.85. The van der Waals surface area contributed by atoms with Crippen molar-refractivity contribution in [3.63, 3.8) is 0 Å². The lowest BCUT2D eigenvalue weighted by Crippen LogP contribution is -2.04. The first-order valence-corrected chi connectivity index (χ1v) is 6.37. The standard InChI is InChI=1S/C15H15ClFNO/c1-10(18)11-5-7-13(8-6-11)19-9-12-3-2-4-14(17)15(12)16/h2-8,10H,9,18H2,1H3. The van der Waals surface area contributed by atoms with E-state index < -0.39 is 5.82 Å². The quantitative estimate of drug-likeness (QED) is 0.915. The van der Waals surface area contributed by atoms with E-state index in [1.807, 2.05) is 31.2 Å². The lowest BCUT2D eigenvalue weighted by atomic mass is 10.1. The van der Waals surface area contributed by atoms with E-state index in [2.05, 4.69) is 0 Å². The Morgan fingerprint density at radius 2 is 1.89 bits per heavy atom. The molecule has 0 aliphatic carbocycles. The molecular weight excluding hydrogens is 265 g/mol. The normalized spacial score (nSPS) is 12.2. The zero-order valence-electron chi connectivity index (χ0n) is 10.6. The number of halogens is 2. The summed E-state index contributed by atoms with van der Waals surface area (Å²) in [6, 6.07) is 12.2. The molecule has 2 aromatic rings. The Balaban J connectivity index is 2.04. The molecule has 19 heavy (non-hydrogen) atoms. The molecule has 0 fully saturated rings. The topological polar surface area (TPSA) is 35.2 Å². The van der Waals surface area contributed by atoms with E-state index in [0.29, 0.717) is 11.3 Å². The first kappa shape index (κ1) is 13.8. The summed E-state index contributed by atoms with van der Waals surface area (Å²) in [5.41, 5.74) is 7.43. The Morgan fingerprint density at radius 3 is 2.53 bits per heavy atom. The molecule has 0 aliphatic heterocycles. The molecule has 2 N–H and O–H groups in total. The summed E-state index contributed by atoms with van der Waals surface area (Å²) < 4.78 is 18.8. The molecule has 0 radical (unpaired) electrons. The van der Waals surface area contributed by atoms with Gasteiger partial charge in [-0.15, -0.1) is 0 Å². The van der Waals surface area contributed by atoms with E-state index in [1.165, 1.54) is 6.07 Å². The molecule has 4 heteroatoms. The van der Waals surface area contributed by atoms with Gasteiger partial charge in [-0.2, -0.15) is 0 Å². The molecule has 0 saturated heterocycles. The van der Waals surface area contributed by atoms with Crippen molar-refractivity contribution in [3.05, 3.63) is 64.4 Å². The van der Waals surface area contributed by atoms with E-state index in [9.17, 15) is 4.39 Å². The maximum Gasteiger partial charge on any atom is 0.142 e. The maximum absolute atomic E-state index is 13.2. The Hall–Kier alpha value is -1.58. The fourth-order valence-electron chi connectivity index (χ4n) is 1.69. The smallest absolute Gasteiger partial charge is 0.142 e. The summed E-state index contributed by atoms with van der Waals surface area (Å²) in [6.07, 6.45) is 0. The molecule has 2 rings (SSSR count). The number of benzene rings is 2. The minimum Gasteiger partial charge on any atom is -0.489 e. The lowest BCUT2D eigenvalue weighted by Gasteiger charge is -2.10. The van der Waals surface area contributed by atoms with Gasteiger partial charge in [-0.3, -0.25) is 0 Å². The first-order chi connectivity index (χ1) is 9.08. The van der Waals surface area contributed by atoms with E-state index in [1.54, 1.807) is 12.1 Å². The van der Waals surface area contributed by atoms with Gasteiger partial charge in [0.1, 0.15) is 18.2 Å². The maximum atomic E-state index is 13.2. The molecular formula is C15H15ClFNO. The third-order valence-corrected chi connectivity index (χ3v) is 3.26. The predicted molar refractivity (Wildman–Crippen MR) is 74.8 cm³/mol. The summed E-state index contributed by atoms with van der Waals surface area (Å²) in [5.74, 6) is 0.264. The second-order valence-electron chi connectivity index (χ2n) is 4.36. The van der Waals surface area contributed by atoms with Gasteiger partial charge in [-0.25, -0.2) is 4.39 Å². The molecule has 0 heterocycles. The average molecular weight is 280 g/mol. The van der Waals surface area contributed by atoms with Crippen molar-refractivity contribution >= 4 is 11.6 Å². The summed E-state index contributed by atoms with van der Waals surface area (Å²) in [5, 5.41) is 0.106. The molecule has 0 aromatic heterocycles. The molecule has 100 valence electrons. The van der Waals surface area contributed by atoms with Crippen molar-refractivity contribution in [3.8, 4) is 5.75 Å². The third-order valence-electron chi connectivity index (χ3n) is 2.83. The molecule has 0 aliphatic rings. The monoisotopic (exact) mass is 279 g/mol. The lowest BCUT2D eigenvalue weighted by molar-refractivity contribution is 0.305. The third kappa shape index (κ3) is 3.46. The predicted octanol–water partition coefficient (Wildman–Crippen LogP) is 4.08. The van der Waals surface area contributed by atoms with E-state index in [0.717, 1.165) is 5.56 Å². The van der Waals surface area contributed by atoms with Crippen LogP contribution < -0.4 is 10.5 Å². The molecule has 0 bridgehead atoms. The van der Waals surface area contributed by atoms with Crippen LogP contribution in [0.5, 0.6) is 5.75 Å². The number of ether oxygens (including phenoxy) is 1. The van der Waals surface area contributed by atoms with Gasteiger partial charge >= 0.3 is 0 Å². The highest BCUT2D eigenvalue weighted by molar-refractivity contribution is 6.31. The fraction of sp³-hybridized carbons (Fsp3) is 0.200. The van der Waals surface area contributed by atoms with Crippen LogP contribution in [-0.2, 0) is 6.61 Å². The van der Waals surface area contributed by atoms with Crippen LogP contribution in [-0.4, -0.2) is 0 Å². The van der Waals surface area contributed by atoms with Crippen LogP contribution in [0.4, 0.5) is 4.39 Å². The average Bonchev–Trinajstić information content (AvgIpc) is 2.41. The first-order valence-electron chi connectivity index (χ1n) is 5.99. The highest BCUT2D eigenvalue weighted by atomic mass is 35.5. The van der Waals surface area contributed by atoms with Crippen LogP contribution in [0.2, 0.25) is 5.02 Å². The second kappa shape index (κ2) is 6.04. The molecule has 0 amide bonds. The van der Waals surface area contributed by atoms with Crippen molar-refractivity contribution in [1.29, 1.82) is 0 Å². The summed E-state index contributed by atoms with van der Waals surface area (Å²) in [6.45, 7) is 2.15. The van der Waals surface area contributed by atoms with E-state index in [-0.39, 0.29) is 17.7 Å². The zero-order valence-corrected chi connectivity index (χ0v) is 11.3. The Kier molecular flexibility index (Phi) is 4.40.